The highest BCUT2D eigenvalue weighted by Gasteiger charge is 2.33. The van der Waals surface area contributed by atoms with Gasteiger partial charge in [-0.3, -0.25) is 9.14 Å². The Balaban J connectivity index is 1.67. The van der Waals surface area contributed by atoms with Crippen molar-refractivity contribution in [2.75, 3.05) is 30.4 Å². The molecular formula is C25H28FN3O5S. The molecule has 5 rings (SSSR count). The summed E-state index contributed by atoms with van der Waals surface area (Å²) in [6.45, 7) is 0.569. The largest absolute Gasteiger partial charge is 0.455 e. The fourth-order valence-corrected chi connectivity index (χ4v) is 5.47. The van der Waals surface area contributed by atoms with Crippen molar-refractivity contribution in [1.82, 2.24) is 5.48 Å². The van der Waals surface area contributed by atoms with E-state index in [4.69, 9.17) is 14.4 Å². The van der Waals surface area contributed by atoms with Gasteiger partial charge in [0.1, 0.15) is 17.2 Å². The number of hydrogen-bond donors (Lipinski definition) is 2. The molecule has 1 saturated carbocycles. The molecule has 186 valence electrons. The fourth-order valence-electron chi connectivity index (χ4n) is 4.49. The number of fused-ring (bicyclic) bond motifs is 1. The second kappa shape index (κ2) is 9.60. The van der Waals surface area contributed by atoms with Crippen LogP contribution in [0, 0.1) is 5.82 Å². The zero-order valence-corrected chi connectivity index (χ0v) is 20.3. The number of hydroxylamine groups is 1. The third-order valence-electron chi connectivity index (χ3n) is 6.34. The van der Waals surface area contributed by atoms with Gasteiger partial charge >= 0.3 is 0 Å². The first kappa shape index (κ1) is 23.8. The molecule has 1 aliphatic heterocycles. The third-order valence-corrected chi connectivity index (χ3v) is 7.52. The van der Waals surface area contributed by atoms with Crippen molar-refractivity contribution in [3.8, 4) is 11.3 Å². The van der Waals surface area contributed by atoms with E-state index in [0.29, 0.717) is 53.4 Å². The van der Waals surface area contributed by atoms with Gasteiger partial charge in [-0.1, -0.05) is 0 Å². The average Bonchev–Trinajstić information content (AvgIpc) is 3.39. The Morgan fingerprint density at radius 1 is 1.17 bits per heavy atom. The Labute approximate surface area is 203 Å². The molecule has 0 bridgehead atoms. The van der Waals surface area contributed by atoms with Crippen LogP contribution in [0.3, 0.4) is 0 Å². The van der Waals surface area contributed by atoms with E-state index in [1.165, 1.54) is 22.7 Å². The number of benzene rings is 2. The number of nitrogens with zero attached hydrogens (tertiary/aromatic N) is 2. The number of aliphatic imine (C=N–C) groups is 1. The van der Waals surface area contributed by atoms with Gasteiger partial charge in [0.05, 0.1) is 17.5 Å². The summed E-state index contributed by atoms with van der Waals surface area (Å²) in [4.78, 5) is 9.64. The summed E-state index contributed by atoms with van der Waals surface area (Å²) in [5.74, 6) is 0.934. The number of amidine groups is 1. The van der Waals surface area contributed by atoms with E-state index in [9.17, 15) is 12.8 Å². The molecule has 0 spiro atoms. The molecule has 0 saturated heterocycles. The lowest BCUT2D eigenvalue weighted by Crippen LogP contribution is -2.31. The highest BCUT2D eigenvalue weighted by atomic mass is 32.2. The normalized spacial score (nSPS) is 15.9. The van der Waals surface area contributed by atoms with Gasteiger partial charge in [0.25, 0.3) is 0 Å². The molecular weight excluding hydrogens is 473 g/mol. The summed E-state index contributed by atoms with van der Waals surface area (Å²) in [5.41, 5.74) is 6.29. The van der Waals surface area contributed by atoms with Crippen LogP contribution >= 0.6 is 0 Å². The first-order valence-electron chi connectivity index (χ1n) is 11.7. The number of halogens is 1. The molecule has 10 heteroatoms. The van der Waals surface area contributed by atoms with Crippen LogP contribution in [-0.2, 0) is 14.9 Å². The van der Waals surface area contributed by atoms with E-state index < -0.39 is 10.0 Å². The van der Waals surface area contributed by atoms with Gasteiger partial charge in [0.2, 0.25) is 10.0 Å². The topological polar surface area (TPSA) is 104 Å². The molecule has 0 amide bonds. The van der Waals surface area contributed by atoms with Crippen molar-refractivity contribution in [3.05, 3.63) is 53.3 Å². The quantitative estimate of drug-likeness (QED) is 0.402. The maximum Gasteiger partial charge on any atom is 0.232 e. The number of sulfonamides is 1. The predicted molar refractivity (Wildman–Crippen MR) is 132 cm³/mol. The maximum atomic E-state index is 13.6. The Kier molecular flexibility index (Phi) is 6.52. The number of aliphatic hydroxyl groups excluding tert-OH is 1. The molecule has 0 unspecified atom stereocenters. The van der Waals surface area contributed by atoms with E-state index in [0.717, 1.165) is 30.2 Å². The SMILES string of the molecule is CS(=O)(=O)N(CCCCCO)c1cc2oc(-c3ccc(F)cc3)c(C3=NCON3)c2cc1C1CC1. The molecule has 1 aromatic heterocycles. The van der Waals surface area contributed by atoms with Gasteiger partial charge in [0, 0.05) is 30.2 Å². The fraction of sp³-hybridized carbons (Fsp3) is 0.400. The summed E-state index contributed by atoms with van der Waals surface area (Å²) < 4.78 is 47.0. The minimum absolute atomic E-state index is 0.0845. The van der Waals surface area contributed by atoms with Crippen LogP contribution in [0.5, 0.6) is 0 Å². The molecule has 2 aliphatic rings. The molecule has 35 heavy (non-hydrogen) atoms. The minimum atomic E-state index is -3.55. The van der Waals surface area contributed by atoms with Gasteiger partial charge in [-0.2, -0.15) is 0 Å². The monoisotopic (exact) mass is 501 g/mol. The minimum Gasteiger partial charge on any atom is -0.455 e. The number of aliphatic hydroxyl groups is 1. The molecule has 1 fully saturated rings. The molecule has 8 nitrogen and oxygen atoms in total. The smallest absolute Gasteiger partial charge is 0.232 e. The van der Waals surface area contributed by atoms with Gasteiger partial charge in [-0.25, -0.2) is 23.3 Å². The zero-order valence-electron chi connectivity index (χ0n) is 19.5. The molecule has 0 radical (unpaired) electrons. The van der Waals surface area contributed by atoms with Crippen LogP contribution in [0.1, 0.15) is 49.1 Å². The van der Waals surface area contributed by atoms with Crippen LogP contribution in [-0.4, -0.2) is 45.5 Å². The van der Waals surface area contributed by atoms with E-state index in [-0.39, 0.29) is 25.1 Å². The standard InChI is InChI=1S/C25H28FN3O5S/c1-35(31,32)29(11-3-2-4-12-30)21-14-22-20(13-19(21)16-5-6-16)23(25-27-15-33-28-25)24(34-22)17-7-9-18(26)10-8-17/h7-10,13-14,16,30H,2-6,11-12,15H2,1H3,(H,27,28). The van der Waals surface area contributed by atoms with Crippen LogP contribution in [0.2, 0.25) is 0 Å². The molecule has 2 N–H and O–H groups in total. The average molecular weight is 502 g/mol. The van der Waals surface area contributed by atoms with Gasteiger partial charge in [-0.05, 0) is 73.9 Å². The number of hydrogen-bond acceptors (Lipinski definition) is 7. The van der Waals surface area contributed by atoms with Gasteiger partial charge < -0.3 is 9.52 Å². The maximum absolute atomic E-state index is 13.6. The Hall–Kier alpha value is -2.95. The second-order valence-electron chi connectivity index (χ2n) is 9.00. The molecule has 0 atom stereocenters. The first-order chi connectivity index (χ1) is 16.9. The van der Waals surface area contributed by atoms with Crippen molar-refractivity contribution in [1.29, 1.82) is 0 Å². The van der Waals surface area contributed by atoms with E-state index in [2.05, 4.69) is 10.5 Å². The van der Waals surface area contributed by atoms with E-state index in [1.54, 1.807) is 18.2 Å². The molecule has 2 heterocycles. The number of anilines is 1. The van der Waals surface area contributed by atoms with Crippen molar-refractivity contribution >= 4 is 32.5 Å². The number of furan rings is 1. The van der Waals surface area contributed by atoms with Crippen LogP contribution in [0.4, 0.5) is 10.1 Å². The first-order valence-corrected chi connectivity index (χ1v) is 13.6. The number of unbranched alkanes of at least 4 members (excludes halogenated alkanes) is 2. The van der Waals surface area contributed by atoms with E-state index in [1.807, 2.05) is 6.07 Å². The Bertz CT molecular complexity index is 1360. The second-order valence-corrected chi connectivity index (χ2v) is 10.9. The van der Waals surface area contributed by atoms with Crippen LogP contribution < -0.4 is 9.79 Å². The summed E-state index contributed by atoms with van der Waals surface area (Å²) in [6, 6.07) is 9.81. The number of nitrogens with one attached hydrogen (secondary N) is 1. The van der Waals surface area contributed by atoms with Crippen molar-refractivity contribution < 1.29 is 27.2 Å². The highest BCUT2D eigenvalue weighted by Crippen LogP contribution is 2.48. The lowest BCUT2D eigenvalue weighted by Gasteiger charge is -2.25. The lowest BCUT2D eigenvalue weighted by molar-refractivity contribution is 0.115. The van der Waals surface area contributed by atoms with Gasteiger partial charge in [0.15, 0.2) is 12.6 Å². The summed E-state index contributed by atoms with van der Waals surface area (Å²) in [6.07, 6.45) is 5.19. The predicted octanol–water partition coefficient (Wildman–Crippen LogP) is 4.28. The Morgan fingerprint density at radius 2 is 1.94 bits per heavy atom. The van der Waals surface area contributed by atoms with Crippen LogP contribution in [0.15, 0.2) is 45.8 Å². The molecule has 1 aliphatic carbocycles. The summed E-state index contributed by atoms with van der Waals surface area (Å²) >= 11 is 0. The van der Waals surface area contributed by atoms with Gasteiger partial charge in [-0.15, -0.1) is 0 Å². The lowest BCUT2D eigenvalue weighted by atomic mass is 10.00. The molecule has 2 aromatic carbocycles. The van der Waals surface area contributed by atoms with Crippen molar-refractivity contribution in [2.24, 2.45) is 4.99 Å². The third kappa shape index (κ3) is 4.91. The van der Waals surface area contributed by atoms with Crippen molar-refractivity contribution in [2.45, 2.75) is 38.0 Å². The van der Waals surface area contributed by atoms with Crippen molar-refractivity contribution in [3.63, 3.8) is 0 Å². The van der Waals surface area contributed by atoms with Crippen LogP contribution in [0.25, 0.3) is 22.3 Å². The summed E-state index contributed by atoms with van der Waals surface area (Å²) in [5, 5.41) is 9.88. The van der Waals surface area contributed by atoms with E-state index >= 15 is 0 Å². The summed E-state index contributed by atoms with van der Waals surface area (Å²) in [7, 11) is -3.55. The zero-order chi connectivity index (χ0) is 24.6. The molecule has 3 aromatic rings. The number of rotatable bonds is 10. The Morgan fingerprint density at radius 3 is 2.57 bits per heavy atom. The highest BCUT2D eigenvalue weighted by molar-refractivity contribution is 7.92.